The van der Waals surface area contributed by atoms with Crippen LogP contribution in [0.3, 0.4) is 0 Å². The van der Waals surface area contributed by atoms with Gasteiger partial charge in [0.2, 0.25) is 0 Å². The van der Waals surface area contributed by atoms with Crippen LogP contribution in [0.1, 0.15) is 23.0 Å². The summed E-state index contributed by atoms with van der Waals surface area (Å²) in [6.45, 7) is 4.07. The number of rotatable bonds is 3. The number of esters is 1. The number of ether oxygens (including phenoxy) is 1. The molecule has 0 saturated heterocycles. The van der Waals surface area contributed by atoms with Gasteiger partial charge in [-0.05, 0) is 26.0 Å². The maximum absolute atomic E-state index is 11.4. The van der Waals surface area contributed by atoms with Crippen molar-refractivity contribution in [3.63, 3.8) is 0 Å². The highest BCUT2D eigenvalue weighted by Crippen LogP contribution is 2.21. The van der Waals surface area contributed by atoms with Gasteiger partial charge in [-0.25, -0.2) is 9.78 Å². The van der Waals surface area contributed by atoms with Gasteiger partial charge in [0.15, 0.2) is 6.04 Å². The summed E-state index contributed by atoms with van der Waals surface area (Å²) < 4.78 is 4.60. The maximum Gasteiger partial charge on any atom is 0.330 e. The lowest BCUT2D eigenvalue weighted by Gasteiger charge is -2.06. The molecule has 0 aliphatic rings. The van der Waals surface area contributed by atoms with Crippen molar-refractivity contribution in [2.24, 2.45) is 5.73 Å². The van der Waals surface area contributed by atoms with Crippen molar-refractivity contribution in [1.82, 2.24) is 9.97 Å². The van der Waals surface area contributed by atoms with Crippen LogP contribution in [0.4, 0.5) is 0 Å². The molecule has 1 atom stereocenters. The molecule has 2 aromatic rings. The van der Waals surface area contributed by atoms with Gasteiger partial charge in [-0.1, -0.05) is 17.2 Å². The Bertz CT molecular complexity index is 584. The van der Waals surface area contributed by atoms with Crippen LogP contribution in [-0.4, -0.2) is 23.0 Å². The summed E-state index contributed by atoms with van der Waals surface area (Å²) in [6, 6.07) is 5.31. The largest absolute Gasteiger partial charge is 0.468 e. The molecular weight excluding hydrogens is 242 g/mol. The van der Waals surface area contributed by atoms with Crippen LogP contribution < -0.4 is 5.73 Å². The summed E-state index contributed by atoms with van der Waals surface area (Å²) in [5, 5.41) is 0. The van der Waals surface area contributed by atoms with Crippen LogP contribution >= 0.6 is 0 Å². The molecule has 5 nitrogen and oxygen atoms in total. The summed E-state index contributed by atoms with van der Waals surface area (Å²) in [5.74, 6) is -0.109. The number of hydrogen-bond donors (Lipinski definition) is 2. The Kier molecular flexibility index (Phi) is 3.66. The van der Waals surface area contributed by atoms with E-state index in [2.05, 4.69) is 20.8 Å². The summed E-state index contributed by atoms with van der Waals surface area (Å²) in [6.07, 6.45) is 1.67. The molecule has 0 unspecified atom stereocenters. The van der Waals surface area contributed by atoms with Gasteiger partial charge >= 0.3 is 5.97 Å². The number of benzene rings is 1. The third-order valence-electron chi connectivity index (χ3n) is 2.88. The predicted octanol–water partition coefficient (Wildman–Crippen LogP) is 1.87. The Balaban J connectivity index is 2.33. The first-order valence-electron chi connectivity index (χ1n) is 5.98. The number of methoxy groups -OCH3 is 1. The molecule has 0 aliphatic carbocycles. The van der Waals surface area contributed by atoms with Crippen LogP contribution in [0.2, 0.25) is 0 Å². The molecule has 1 aromatic carbocycles. The first-order chi connectivity index (χ1) is 9.01. The zero-order valence-electron chi connectivity index (χ0n) is 11.2. The van der Waals surface area contributed by atoms with Crippen LogP contribution in [0, 0.1) is 13.8 Å². The zero-order chi connectivity index (χ0) is 14.0. The van der Waals surface area contributed by atoms with Gasteiger partial charge in [0.25, 0.3) is 0 Å². The minimum atomic E-state index is -0.885. The second kappa shape index (κ2) is 5.24. The van der Waals surface area contributed by atoms with Crippen molar-refractivity contribution in [2.45, 2.75) is 19.9 Å². The Morgan fingerprint density at radius 1 is 1.32 bits per heavy atom. The Hall–Kier alpha value is -2.14. The average Bonchev–Trinajstić information content (AvgIpc) is 2.85. The molecule has 5 heteroatoms. The molecule has 0 fully saturated rings. The maximum atomic E-state index is 11.4. The molecule has 2 rings (SSSR count). The topological polar surface area (TPSA) is 81.0 Å². The number of carbonyl (C=O) groups is 1. The van der Waals surface area contributed by atoms with E-state index < -0.39 is 12.0 Å². The van der Waals surface area contributed by atoms with E-state index in [1.807, 2.05) is 26.0 Å². The van der Waals surface area contributed by atoms with Crippen molar-refractivity contribution in [3.8, 4) is 11.3 Å². The Morgan fingerprint density at radius 3 is 2.53 bits per heavy atom. The summed E-state index contributed by atoms with van der Waals surface area (Å²) in [7, 11) is 1.30. The second-order valence-corrected chi connectivity index (χ2v) is 4.56. The number of nitrogens with zero attached hydrogens (tertiary/aromatic N) is 1. The van der Waals surface area contributed by atoms with Crippen molar-refractivity contribution >= 4 is 5.97 Å². The third-order valence-corrected chi connectivity index (χ3v) is 2.88. The van der Waals surface area contributed by atoms with Gasteiger partial charge < -0.3 is 15.5 Å². The number of imidazole rings is 1. The van der Waals surface area contributed by atoms with E-state index in [1.165, 1.54) is 18.2 Å². The number of aromatic amines is 1. The highest BCUT2D eigenvalue weighted by atomic mass is 16.5. The molecule has 19 heavy (non-hydrogen) atoms. The molecule has 0 spiro atoms. The number of H-pyrrole nitrogens is 1. The number of aryl methyl sites for hydroxylation is 2. The van der Waals surface area contributed by atoms with Gasteiger partial charge in [-0.2, -0.15) is 0 Å². The molecule has 0 saturated carbocycles. The molecule has 1 aromatic heterocycles. The van der Waals surface area contributed by atoms with Crippen LogP contribution in [0.15, 0.2) is 24.4 Å². The van der Waals surface area contributed by atoms with E-state index >= 15 is 0 Å². The Labute approximate surface area is 111 Å². The van der Waals surface area contributed by atoms with Gasteiger partial charge in [0, 0.05) is 5.56 Å². The molecule has 100 valence electrons. The molecule has 3 N–H and O–H groups in total. The minimum Gasteiger partial charge on any atom is -0.468 e. The van der Waals surface area contributed by atoms with E-state index in [0.29, 0.717) is 5.82 Å². The van der Waals surface area contributed by atoms with Crippen LogP contribution in [0.25, 0.3) is 11.3 Å². The highest BCUT2D eigenvalue weighted by molar-refractivity contribution is 5.76. The van der Waals surface area contributed by atoms with Gasteiger partial charge in [0.05, 0.1) is 19.0 Å². The van der Waals surface area contributed by atoms with E-state index in [-0.39, 0.29) is 0 Å². The van der Waals surface area contributed by atoms with Crippen molar-refractivity contribution in [1.29, 1.82) is 0 Å². The van der Waals surface area contributed by atoms with Crippen molar-refractivity contribution in [3.05, 3.63) is 41.3 Å². The first kappa shape index (κ1) is 13.3. The van der Waals surface area contributed by atoms with Crippen molar-refractivity contribution < 1.29 is 9.53 Å². The van der Waals surface area contributed by atoms with E-state index in [9.17, 15) is 4.79 Å². The van der Waals surface area contributed by atoms with E-state index in [0.717, 1.165) is 11.3 Å². The molecular formula is C14H17N3O2. The van der Waals surface area contributed by atoms with Crippen LogP contribution in [-0.2, 0) is 9.53 Å². The number of nitrogens with one attached hydrogen (secondary N) is 1. The average molecular weight is 259 g/mol. The summed E-state index contributed by atoms with van der Waals surface area (Å²) in [4.78, 5) is 18.6. The minimum absolute atomic E-state index is 0.404. The first-order valence-corrected chi connectivity index (χ1v) is 5.98. The standard InChI is InChI=1S/C14H17N3O2/c1-8-4-9(2)6-10(5-8)11-7-16-13(17-11)12(15)14(18)19-3/h4-7,12H,15H2,1-3H3,(H,16,17)/t12-/m0/s1. The van der Waals surface area contributed by atoms with Gasteiger partial charge in [-0.15, -0.1) is 0 Å². The molecule has 0 bridgehead atoms. The lowest BCUT2D eigenvalue weighted by Crippen LogP contribution is -2.23. The smallest absolute Gasteiger partial charge is 0.330 e. The Morgan fingerprint density at radius 2 is 1.95 bits per heavy atom. The summed E-state index contributed by atoms with van der Waals surface area (Å²) in [5.41, 5.74) is 9.93. The van der Waals surface area contributed by atoms with Gasteiger partial charge in [0.1, 0.15) is 5.82 Å². The fraction of sp³-hybridized carbons (Fsp3) is 0.286. The zero-order valence-corrected chi connectivity index (χ0v) is 11.2. The lowest BCUT2D eigenvalue weighted by atomic mass is 10.1. The molecule has 0 aliphatic heterocycles. The fourth-order valence-corrected chi connectivity index (χ4v) is 2.01. The van der Waals surface area contributed by atoms with Crippen molar-refractivity contribution in [2.75, 3.05) is 7.11 Å². The molecule has 0 amide bonds. The molecule has 1 heterocycles. The highest BCUT2D eigenvalue weighted by Gasteiger charge is 2.19. The quantitative estimate of drug-likeness (QED) is 0.824. The van der Waals surface area contributed by atoms with Gasteiger partial charge in [-0.3, -0.25) is 0 Å². The molecule has 0 radical (unpaired) electrons. The number of carbonyl (C=O) groups excluding carboxylic acids is 1. The number of nitrogens with two attached hydrogens (primary N) is 1. The predicted molar refractivity (Wildman–Crippen MR) is 72.4 cm³/mol. The number of hydrogen-bond acceptors (Lipinski definition) is 4. The second-order valence-electron chi connectivity index (χ2n) is 4.56. The van der Waals surface area contributed by atoms with Crippen LogP contribution in [0.5, 0.6) is 0 Å². The summed E-state index contributed by atoms with van der Waals surface area (Å²) >= 11 is 0. The van der Waals surface area contributed by atoms with E-state index in [4.69, 9.17) is 5.73 Å². The third kappa shape index (κ3) is 2.82. The SMILES string of the molecule is COC(=O)[C@@H](N)c1ncc(-c2cc(C)cc(C)c2)[nH]1. The lowest BCUT2D eigenvalue weighted by molar-refractivity contribution is -0.142. The fourth-order valence-electron chi connectivity index (χ4n) is 2.01. The normalized spacial score (nSPS) is 12.2. The monoisotopic (exact) mass is 259 g/mol. The number of aromatic nitrogens is 2. The van der Waals surface area contributed by atoms with E-state index in [1.54, 1.807) is 6.20 Å².